The molecule has 0 aliphatic heterocycles. The number of nitrogens with zero attached hydrogens (tertiary/aromatic N) is 1. The predicted octanol–water partition coefficient (Wildman–Crippen LogP) is 4.52. The largest absolute Gasteiger partial charge is 0.495 e. The number of benzene rings is 2. The Bertz CT molecular complexity index is 677. The van der Waals surface area contributed by atoms with Crippen LogP contribution in [0.15, 0.2) is 36.4 Å². The third-order valence-corrected chi connectivity index (χ3v) is 3.47. The Labute approximate surface area is 131 Å². The first kappa shape index (κ1) is 15.4. The highest BCUT2D eigenvalue weighted by Gasteiger charge is 2.12. The van der Waals surface area contributed by atoms with E-state index in [4.69, 9.17) is 27.9 Å². The number of nitro benzene ring substituents is 1. The third-order valence-electron chi connectivity index (χ3n) is 2.86. The predicted molar refractivity (Wildman–Crippen MR) is 83.4 cm³/mol. The monoisotopic (exact) mass is 326 g/mol. The first-order valence-corrected chi connectivity index (χ1v) is 6.77. The molecule has 5 nitrogen and oxygen atoms in total. The third kappa shape index (κ3) is 3.77. The van der Waals surface area contributed by atoms with Gasteiger partial charge < -0.3 is 10.1 Å². The Morgan fingerprint density at radius 2 is 1.95 bits per heavy atom. The number of ether oxygens (including phenoxy) is 1. The van der Waals surface area contributed by atoms with Crippen molar-refractivity contribution in [3.05, 3.63) is 62.1 Å². The quantitative estimate of drug-likeness (QED) is 0.648. The van der Waals surface area contributed by atoms with E-state index in [0.717, 1.165) is 5.56 Å². The van der Waals surface area contributed by atoms with Crippen molar-refractivity contribution in [2.45, 2.75) is 6.54 Å². The summed E-state index contributed by atoms with van der Waals surface area (Å²) in [6.45, 7) is 0.475. The van der Waals surface area contributed by atoms with Gasteiger partial charge in [-0.05, 0) is 29.8 Å². The second-order valence-electron chi connectivity index (χ2n) is 4.25. The Morgan fingerprint density at radius 1 is 1.19 bits per heavy atom. The molecular weight excluding hydrogens is 315 g/mol. The molecule has 2 rings (SSSR count). The molecule has 0 saturated carbocycles. The summed E-state index contributed by atoms with van der Waals surface area (Å²) < 4.78 is 5.08. The molecule has 0 aliphatic rings. The van der Waals surface area contributed by atoms with Gasteiger partial charge in [0.1, 0.15) is 10.8 Å². The maximum Gasteiger partial charge on any atom is 0.289 e. The summed E-state index contributed by atoms with van der Waals surface area (Å²) >= 11 is 11.8. The van der Waals surface area contributed by atoms with E-state index in [1.165, 1.54) is 12.1 Å². The van der Waals surface area contributed by atoms with Crippen LogP contribution in [0.2, 0.25) is 10.0 Å². The molecule has 0 atom stereocenters. The molecule has 0 unspecified atom stereocenters. The fourth-order valence-electron chi connectivity index (χ4n) is 1.79. The summed E-state index contributed by atoms with van der Waals surface area (Å²) in [4.78, 5) is 10.3. The second-order valence-corrected chi connectivity index (χ2v) is 5.06. The second kappa shape index (κ2) is 6.65. The van der Waals surface area contributed by atoms with Crippen molar-refractivity contribution in [2.24, 2.45) is 0 Å². The zero-order chi connectivity index (χ0) is 15.4. The number of anilines is 1. The summed E-state index contributed by atoms with van der Waals surface area (Å²) in [5.41, 5.74) is 1.41. The molecule has 1 N–H and O–H groups in total. The summed E-state index contributed by atoms with van der Waals surface area (Å²) in [5, 5.41) is 14.5. The summed E-state index contributed by atoms with van der Waals surface area (Å²) in [7, 11) is 1.55. The number of nitrogens with one attached hydrogen (secondary N) is 1. The minimum absolute atomic E-state index is 0.109. The van der Waals surface area contributed by atoms with Gasteiger partial charge in [-0.1, -0.05) is 29.3 Å². The van der Waals surface area contributed by atoms with E-state index in [0.29, 0.717) is 23.0 Å². The molecule has 0 aromatic heterocycles. The van der Waals surface area contributed by atoms with Crippen molar-refractivity contribution in [3.8, 4) is 5.75 Å². The Hall–Kier alpha value is -1.98. The van der Waals surface area contributed by atoms with E-state index in [2.05, 4.69) is 5.32 Å². The summed E-state index contributed by atoms with van der Waals surface area (Å²) in [5.74, 6) is 0.600. The molecule has 0 amide bonds. The van der Waals surface area contributed by atoms with E-state index in [1.807, 2.05) is 6.07 Å². The van der Waals surface area contributed by atoms with E-state index < -0.39 is 4.92 Å². The first-order chi connectivity index (χ1) is 10.0. The number of nitro groups is 1. The smallest absolute Gasteiger partial charge is 0.289 e. The number of methoxy groups -OCH3 is 1. The lowest BCUT2D eigenvalue weighted by atomic mass is 10.2. The molecule has 0 radical (unpaired) electrons. The highest BCUT2D eigenvalue weighted by molar-refractivity contribution is 6.32. The number of hydrogen-bond acceptors (Lipinski definition) is 4. The van der Waals surface area contributed by atoms with Crippen molar-refractivity contribution in [2.75, 3.05) is 12.4 Å². The van der Waals surface area contributed by atoms with Crippen LogP contribution in [-0.2, 0) is 6.54 Å². The molecule has 0 aliphatic carbocycles. The SMILES string of the molecule is COc1ccc(CNc2ccc(Cl)c([N+](=O)[O-])c2)cc1Cl. The minimum atomic E-state index is -0.516. The number of halogens is 2. The van der Waals surface area contributed by atoms with Crippen molar-refractivity contribution in [1.29, 1.82) is 0 Å². The van der Waals surface area contributed by atoms with Crippen LogP contribution in [0.3, 0.4) is 0 Å². The van der Waals surface area contributed by atoms with Crippen LogP contribution < -0.4 is 10.1 Å². The maximum absolute atomic E-state index is 10.8. The first-order valence-electron chi connectivity index (χ1n) is 6.01. The van der Waals surface area contributed by atoms with Gasteiger partial charge in [0.15, 0.2) is 0 Å². The minimum Gasteiger partial charge on any atom is -0.495 e. The number of rotatable bonds is 5. The fraction of sp³-hybridized carbons (Fsp3) is 0.143. The molecule has 0 saturated heterocycles. The molecule has 0 spiro atoms. The lowest BCUT2D eigenvalue weighted by Gasteiger charge is -2.09. The highest BCUT2D eigenvalue weighted by Crippen LogP contribution is 2.28. The van der Waals surface area contributed by atoms with Crippen LogP contribution in [0.25, 0.3) is 0 Å². The zero-order valence-electron chi connectivity index (χ0n) is 11.1. The van der Waals surface area contributed by atoms with Crippen LogP contribution in [-0.4, -0.2) is 12.0 Å². The molecule has 0 bridgehead atoms. The van der Waals surface area contributed by atoms with Crippen LogP contribution in [0, 0.1) is 10.1 Å². The Balaban J connectivity index is 2.11. The van der Waals surface area contributed by atoms with E-state index in [-0.39, 0.29) is 10.7 Å². The van der Waals surface area contributed by atoms with E-state index in [1.54, 1.807) is 25.3 Å². The number of hydrogen-bond donors (Lipinski definition) is 1. The van der Waals surface area contributed by atoms with Gasteiger partial charge in [0.05, 0.1) is 17.1 Å². The molecule has 0 heterocycles. The van der Waals surface area contributed by atoms with Crippen molar-refractivity contribution < 1.29 is 9.66 Å². The molecule has 21 heavy (non-hydrogen) atoms. The molecule has 110 valence electrons. The van der Waals surface area contributed by atoms with E-state index in [9.17, 15) is 10.1 Å². The van der Waals surface area contributed by atoms with Gasteiger partial charge in [-0.3, -0.25) is 10.1 Å². The van der Waals surface area contributed by atoms with Gasteiger partial charge >= 0.3 is 0 Å². The Morgan fingerprint density at radius 3 is 2.57 bits per heavy atom. The lowest BCUT2D eigenvalue weighted by Crippen LogP contribution is -2.00. The van der Waals surface area contributed by atoms with Crippen molar-refractivity contribution in [3.63, 3.8) is 0 Å². The van der Waals surface area contributed by atoms with Gasteiger partial charge in [0.25, 0.3) is 5.69 Å². The van der Waals surface area contributed by atoms with Crippen LogP contribution in [0.1, 0.15) is 5.56 Å². The molecular formula is C14H12Cl2N2O3. The van der Waals surface area contributed by atoms with Gasteiger partial charge in [-0.2, -0.15) is 0 Å². The summed E-state index contributed by atoms with van der Waals surface area (Å²) in [6, 6.07) is 9.97. The average molecular weight is 327 g/mol. The molecule has 0 fully saturated rings. The van der Waals surface area contributed by atoms with Crippen molar-refractivity contribution in [1.82, 2.24) is 0 Å². The highest BCUT2D eigenvalue weighted by atomic mass is 35.5. The van der Waals surface area contributed by atoms with Gasteiger partial charge in [0.2, 0.25) is 0 Å². The topological polar surface area (TPSA) is 64.4 Å². The van der Waals surface area contributed by atoms with Crippen LogP contribution in [0.5, 0.6) is 5.75 Å². The van der Waals surface area contributed by atoms with Crippen LogP contribution in [0.4, 0.5) is 11.4 Å². The van der Waals surface area contributed by atoms with Crippen molar-refractivity contribution >= 4 is 34.6 Å². The lowest BCUT2D eigenvalue weighted by molar-refractivity contribution is -0.384. The molecule has 7 heteroatoms. The Kier molecular flexibility index (Phi) is 4.88. The molecule has 2 aromatic carbocycles. The van der Waals surface area contributed by atoms with Gasteiger partial charge in [-0.15, -0.1) is 0 Å². The van der Waals surface area contributed by atoms with Crippen LogP contribution >= 0.6 is 23.2 Å². The zero-order valence-corrected chi connectivity index (χ0v) is 12.6. The normalized spacial score (nSPS) is 10.2. The standard InChI is InChI=1S/C14H12Cl2N2O3/c1-21-14-5-2-9(6-12(14)16)8-17-10-3-4-11(15)13(7-10)18(19)20/h2-7,17H,8H2,1H3. The fourth-order valence-corrected chi connectivity index (χ4v) is 2.25. The van der Waals surface area contributed by atoms with Gasteiger partial charge in [0, 0.05) is 18.3 Å². The maximum atomic E-state index is 10.8. The summed E-state index contributed by atoms with van der Waals surface area (Å²) in [6.07, 6.45) is 0. The molecule has 2 aromatic rings. The van der Waals surface area contributed by atoms with Gasteiger partial charge in [-0.25, -0.2) is 0 Å². The average Bonchev–Trinajstić information content (AvgIpc) is 2.46. The van der Waals surface area contributed by atoms with E-state index >= 15 is 0 Å².